The molecular weight excluding hydrogens is 296 g/mol. The summed E-state index contributed by atoms with van der Waals surface area (Å²) in [6, 6.07) is 13.5. The van der Waals surface area contributed by atoms with Crippen molar-refractivity contribution < 1.29 is 4.79 Å². The lowest BCUT2D eigenvalue weighted by Gasteiger charge is -2.20. The van der Waals surface area contributed by atoms with Crippen molar-refractivity contribution in [3.05, 3.63) is 70.1 Å². The number of hydrogen-bond donors (Lipinski definition) is 1. The zero-order chi connectivity index (χ0) is 15.4. The van der Waals surface area contributed by atoms with Crippen molar-refractivity contribution in [3.63, 3.8) is 0 Å². The largest absolute Gasteiger partial charge is 0.338 e. The molecule has 1 aromatic heterocycles. The molecule has 114 valence electrons. The highest BCUT2D eigenvalue weighted by Crippen LogP contribution is 2.34. The van der Waals surface area contributed by atoms with E-state index < -0.39 is 0 Å². The molecule has 0 bridgehead atoms. The first-order valence-electron chi connectivity index (χ1n) is 7.38. The van der Waals surface area contributed by atoms with Gasteiger partial charge in [-0.1, -0.05) is 30.3 Å². The zero-order valence-electron chi connectivity index (χ0n) is 12.2. The molecule has 3 rings (SSSR count). The summed E-state index contributed by atoms with van der Waals surface area (Å²) in [6.07, 6.45) is 2.46. The summed E-state index contributed by atoms with van der Waals surface area (Å²) in [5, 5.41) is 0.429. The van der Waals surface area contributed by atoms with Crippen LogP contribution in [0.5, 0.6) is 0 Å². The first-order chi connectivity index (χ1) is 10.7. The number of aromatic amines is 1. The number of nitrogens with zero attached hydrogens (tertiary/aromatic N) is 1. The van der Waals surface area contributed by atoms with Crippen LogP contribution in [-0.2, 0) is 0 Å². The number of rotatable bonds is 2. The van der Waals surface area contributed by atoms with Crippen molar-refractivity contribution >= 4 is 17.7 Å². The van der Waals surface area contributed by atoms with Gasteiger partial charge >= 0.3 is 0 Å². The molecule has 1 fully saturated rings. The van der Waals surface area contributed by atoms with Gasteiger partial charge in [0.15, 0.2) is 0 Å². The van der Waals surface area contributed by atoms with Crippen LogP contribution in [0.15, 0.2) is 53.5 Å². The van der Waals surface area contributed by atoms with E-state index in [0.29, 0.717) is 10.8 Å². The molecule has 1 atom stereocenters. The Hall–Kier alpha value is -2.01. The Kier molecular flexibility index (Phi) is 4.63. The summed E-state index contributed by atoms with van der Waals surface area (Å²) in [4.78, 5) is 28.3. The summed E-state index contributed by atoms with van der Waals surface area (Å²) >= 11 is 1.89. The molecule has 22 heavy (non-hydrogen) atoms. The summed E-state index contributed by atoms with van der Waals surface area (Å²) in [5.74, 6) is 0.856. The average molecular weight is 314 g/mol. The van der Waals surface area contributed by atoms with Gasteiger partial charge in [-0.05, 0) is 18.1 Å². The van der Waals surface area contributed by atoms with Crippen molar-refractivity contribution in [1.82, 2.24) is 9.88 Å². The Labute approximate surface area is 133 Å². The molecule has 0 aliphatic carbocycles. The topological polar surface area (TPSA) is 53.2 Å². The van der Waals surface area contributed by atoms with Crippen molar-refractivity contribution in [2.45, 2.75) is 11.7 Å². The predicted octanol–water partition coefficient (Wildman–Crippen LogP) is 2.70. The molecule has 1 saturated heterocycles. The molecule has 0 spiro atoms. The van der Waals surface area contributed by atoms with Gasteiger partial charge in [0, 0.05) is 41.9 Å². The van der Waals surface area contributed by atoms with Crippen molar-refractivity contribution in [1.29, 1.82) is 0 Å². The van der Waals surface area contributed by atoms with Crippen LogP contribution >= 0.6 is 11.8 Å². The highest BCUT2D eigenvalue weighted by atomic mass is 32.2. The van der Waals surface area contributed by atoms with E-state index in [1.54, 1.807) is 6.07 Å². The van der Waals surface area contributed by atoms with Crippen molar-refractivity contribution in [3.8, 4) is 0 Å². The number of hydrogen-bond acceptors (Lipinski definition) is 3. The number of carbonyl (C=O) groups excluding carboxylic acids is 1. The Morgan fingerprint density at radius 1 is 1.18 bits per heavy atom. The minimum absolute atomic E-state index is 0.0552. The van der Waals surface area contributed by atoms with Gasteiger partial charge in [-0.2, -0.15) is 11.8 Å². The number of carbonyl (C=O) groups is 1. The Balaban J connectivity index is 1.70. The standard InChI is InChI=1S/C17H18N2O2S/c20-16-12-14(6-8-18-16)17(21)19-9-7-15(22-11-10-19)13-4-2-1-3-5-13/h1-6,8,12,15H,7,9-11H2,(H,18,20)/t15-/m0/s1. The van der Waals surface area contributed by atoms with E-state index in [2.05, 4.69) is 29.2 Å². The second-order valence-corrected chi connectivity index (χ2v) is 6.60. The van der Waals surface area contributed by atoms with Crippen LogP contribution in [-0.4, -0.2) is 34.6 Å². The van der Waals surface area contributed by atoms with Gasteiger partial charge in [0.1, 0.15) is 0 Å². The molecule has 0 unspecified atom stereocenters. The molecule has 1 aliphatic heterocycles. The van der Waals surface area contributed by atoms with E-state index in [9.17, 15) is 9.59 Å². The summed E-state index contributed by atoms with van der Waals surface area (Å²) in [5.41, 5.74) is 1.54. The Morgan fingerprint density at radius 2 is 2.00 bits per heavy atom. The van der Waals surface area contributed by atoms with Gasteiger partial charge in [-0.25, -0.2) is 0 Å². The third-order valence-corrected chi connectivity index (χ3v) is 5.15. The third kappa shape index (κ3) is 3.42. The lowest BCUT2D eigenvalue weighted by atomic mass is 10.1. The fourth-order valence-corrected chi connectivity index (χ4v) is 3.90. The predicted molar refractivity (Wildman–Crippen MR) is 89.2 cm³/mol. The highest BCUT2D eigenvalue weighted by Gasteiger charge is 2.22. The summed E-state index contributed by atoms with van der Waals surface area (Å²) in [6.45, 7) is 1.44. The number of nitrogens with one attached hydrogen (secondary N) is 1. The number of amides is 1. The van der Waals surface area contributed by atoms with Gasteiger partial charge in [-0.3, -0.25) is 9.59 Å². The number of pyridine rings is 1. The number of thioether (sulfide) groups is 1. The molecule has 2 aromatic rings. The number of aromatic nitrogens is 1. The fraction of sp³-hybridized carbons (Fsp3) is 0.294. The molecular formula is C17H18N2O2S. The van der Waals surface area contributed by atoms with Crippen LogP contribution in [0.4, 0.5) is 0 Å². The maximum absolute atomic E-state index is 12.5. The smallest absolute Gasteiger partial charge is 0.254 e. The lowest BCUT2D eigenvalue weighted by Crippen LogP contribution is -2.33. The SMILES string of the molecule is O=C(c1cc[nH]c(=O)c1)N1CCS[C@H](c2ccccc2)CC1. The lowest BCUT2D eigenvalue weighted by molar-refractivity contribution is 0.0766. The average Bonchev–Trinajstić information content (AvgIpc) is 2.81. The van der Waals surface area contributed by atoms with E-state index in [0.717, 1.165) is 25.3 Å². The van der Waals surface area contributed by atoms with E-state index in [1.807, 2.05) is 22.7 Å². The van der Waals surface area contributed by atoms with Crippen LogP contribution in [0.3, 0.4) is 0 Å². The van der Waals surface area contributed by atoms with Gasteiger partial charge in [-0.15, -0.1) is 0 Å². The number of H-pyrrole nitrogens is 1. The molecule has 5 heteroatoms. The monoisotopic (exact) mass is 314 g/mol. The molecule has 1 N–H and O–H groups in total. The van der Waals surface area contributed by atoms with Crippen molar-refractivity contribution in [2.75, 3.05) is 18.8 Å². The molecule has 1 aliphatic rings. The van der Waals surface area contributed by atoms with Crippen LogP contribution in [0.25, 0.3) is 0 Å². The van der Waals surface area contributed by atoms with Gasteiger partial charge in [0.2, 0.25) is 5.56 Å². The Bertz CT molecular complexity index is 699. The maximum Gasteiger partial charge on any atom is 0.254 e. The van der Waals surface area contributed by atoms with Crippen LogP contribution in [0.1, 0.15) is 27.6 Å². The van der Waals surface area contributed by atoms with E-state index in [4.69, 9.17) is 0 Å². The van der Waals surface area contributed by atoms with E-state index >= 15 is 0 Å². The number of benzene rings is 1. The highest BCUT2D eigenvalue weighted by molar-refractivity contribution is 7.99. The van der Waals surface area contributed by atoms with E-state index in [1.165, 1.54) is 17.8 Å². The second kappa shape index (κ2) is 6.83. The van der Waals surface area contributed by atoms with Crippen LogP contribution in [0, 0.1) is 0 Å². The molecule has 2 heterocycles. The first-order valence-corrected chi connectivity index (χ1v) is 8.43. The molecule has 4 nitrogen and oxygen atoms in total. The minimum Gasteiger partial charge on any atom is -0.338 e. The van der Waals surface area contributed by atoms with Crippen LogP contribution in [0.2, 0.25) is 0 Å². The molecule has 1 aromatic carbocycles. The second-order valence-electron chi connectivity index (χ2n) is 5.29. The molecule has 0 radical (unpaired) electrons. The van der Waals surface area contributed by atoms with Crippen LogP contribution < -0.4 is 5.56 Å². The van der Waals surface area contributed by atoms with Gasteiger partial charge in [0.05, 0.1) is 0 Å². The minimum atomic E-state index is -0.239. The zero-order valence-corrected chi connectivity index (χ0v) is 13.0. The summed E-state index contributed by atoms with van der Waals surface area (Å²) in [7, 11) is 0. The fourth-order valence-electron chi connectivity index (χ4n) is 2.67. The first kappa shape index (κ1) is 14.9. The normalized spacial score (nSPS) is 18.7. The molecule has 0 saturated carbocycles. The Morgan fingerprint density at radius 3 is 2.77 bits per heavy atom. The van der Waals surface area contributed by atoms with E-state index in [-0.39, 0.29) is 11.5 Å². The summed E-state index contributed by atoms with van der Waals surface area (Å²) < 4.78 is 0. The quantitative estimate of drug-likeness (QED) is 0.927. The molecule has 1 amide bonds. The maximum atomic E-state index is 12.5. The van der Waals surface area contributed by atoms with Gasteiger partial charge in [0.25, 0.3) is 5.91 Å². The third-order valence-electron chi connectivity index (χ3n) is 3.82. The van der Waals surface area contributed by atoms with Crippen molar-refractivity contribution in [2.24, 2.45) is 0 Å². The van der Waals surface area contributed by atoms with Gasteiger partial charge < -0.3 is 9.88 Å².